The molecule has 0 unspecified atom stereocenters. The van der Waals surface area contributed by atoms with E-state index in [0.29, 0.717) is 0 Å². The molecule has 0 aliphatic rings. The number of aryl methyl sites for hydroxylation is 2. The lowest BCUT2D eigenvalue weighted by Crippen LogP contribution is -2.40. The summed E-state index contributed by atoms with van der Waals surface area (Å²) < 4.78 is 0. The molecule has 88 valence electrons. The molecule has 0 saturated heterocycles. The zero-order chi connectivity index (χ0) is 13.0. The maximum absolute atomic E-state index is 8.73. The predicted molar refractivity (Wildman–Crippen MR) is 76.5 cm³/mol. The fourth-order valence-corrected chi connectivity index (χ4v) is 1.87. The molecule has 18 heavy (non-hydrogen) atoms. The van der Waals surface area contributed by atoms with Crippen molar-refractivity contribution in [2.24, 2.45) is 5.03 Å². The van der Waals surface area contributed by atoms with Crippen LogP contribution in [0.25, 0.3) is 10.4 Å². The van der Waals surface area contributed by atoms with Gasteiger partial charge in [-0.1, -0.05) is 70.6 Å². The molecule has 0 N–H and O–H groups in total. The van der Waals surface area contributed by atoms with Crippen molar-refractivity contribution in [3.8, 4) is 0 Å². The van der Waals surface area contributed by atoms with Gasteiger partial charge in [0.2, 0.25) is 0 Å². The van der Waals surface area contributed by atoms with E-state index in [0.717, 1.165) is 10.9 Å². The van der Waals surface area contributed by atoms with Gasteiger partial charge in [0.05, 0.1) is 0 Å². The molecule has 0 aliphatic heterocycles. The molecule has 2 aromatic rings. The summed E-state index contributed by atoms with van der Waals surface area (Å²) in [5.74, 6) is 0. The van der Waals surface area contributed by atoms with E-state index in [2.05, 4.69) is 9.94 Å². The van der Waals surface area contributed by atoms with E-state index in [4.69, 9.17) is 5.53 Å². The summed E-state index contributed by atoms with van der Waals surface area (Å²) in [4.78, 5) is 2.96. The average Bonchev–Trinajstić information content (AvgIpc) is 2.39. The summed E-state index contributed by atoms with van der Waals surface area (Å²) in [6, 6.07) is 16.2. The third kappa shape index (κ3) is 2.73. The Kier molecular flexibility index (Phi) is 3.70. The molecule has 2 aromatic carbocycles. The van der Waals surface area contributed by atoms with Crippen molar-refractivity contribution in [2.45, 2.75) is 13.8 Å². The Bertz CT molecular complexity index is 523. The Morgan fingerprint density at radius 1 is 0.833 bits per heavy atom. The van der Waals surface area contributed by atoms with E-state index in [1.54, 1.807) is 0 Å². The molecule has 0 fully saturated rings. The normalized spacial score (nSPS) is 9.67. The fourth-order valence-electron chi connectivity index (χ4n) is 1.87. The molecule has 0 radical (unpaired) electrons. The minimum absolute atomic E-state index is 0.254. The van der Waals surface area contributed by atoms with Crippen LogP contribution >= 0.6 is 0 Å². The first-order valence-corrected chi connectivity index (χ1v) is 5.88. The van der Waals surface area contributed by atoms with Crippen molar-refractivity contribution in [1.82, 2.24) is 0 Å². The highest BCUT2D eigenvalue weighted by molar-refractivity contribution is 6.83. The van der Waals surface area contributed by atoms with E-state index in [1.165, 1.54) is 11.1 Å². The monoisotopic (exact) mass is 235 g/mol. The first kappa shape index (κ1) is 12.3. The average molecular weight is 235 g/mol. The van der Waals surface area contributed by atoms with Crippen LogP contribution in [0.2, 0.25) is 0 Å². The number of hydrogen-bond donors (Lipinski definition) is 0. The van der Waals surface area contributed by atoms with Gasteiger partial charge in [0, 0.05) is 0 Å². The zero-order valence-corrected chi connectivity index (χ0v) is 10.5. The Morgan fingerprint density at radius 3 is 1.56 bits per heavy atom. The Morgan fingerprint density at radius 2 is 1.22 bits per heavy atom. The van der Waals surface area contributed by atoms with E-state index < -0.39 is 0 Å². The van der Waals surface area contributed by atoms with Gasteiger partial charge in [-0.15, -0.1) is 5.03 Å². The maximum Gasteiger partial charge on any atom is 0.309 e. The van der Waals surface area contributed by atoms with Crippen LogP contribution in [0.5, 0.6) is 0 Å². The Labute approximate surface area is 107 Å². The van der Waals surface area contributed by atoms with Crippen LogP contribution in [0.1, 0.15) is 11.1 Å². The van der Waals surface area contributed by atoms with Crippen molar-refractivity contribution in [1.29, 1.82) is 0 Å². The van der Waals surface area contributed by atoms with Crippen molar-refractivity contribution in [3.05, 3.63) is 70.1 Å². The van der Waals surface area contributed by atoms with Crippen molar-refractivity contribution in [2.75, 3.05) is 0 Å². The van der Waals surface area contributed by atoms with Gasteiger partial charge in [0.1, 0.15) is 0 Å². The molecule has 0 spiro atoms. The molecule has 0 atom stereocenters. The lowest BCUT2D eigenvalue weighted by Gasteiger charge is -2.09. The predicted octanol–water partition coefficient (Wildman–Crippen LogP) is 2.72. The molecular weight excluding hydrogens is 221 g/mol. The van der Waals surface area contributed by atoms with Gasteiger partial charge < -0.3 is 0 Å². The summed E-state index contributed by atoms with van der Waals surface area (Å²) in [5.41, 5.74) is 13.2. The van der Waals surface area contributed by atoms with Crippen LogP contribution in [0.15, 0.2) is 53.6 Å². The molecule has 4 heteroatoms. The van der Waals surface area contributed by atoms with E-state index in [-0.39, 0.29) is 6.85 Å². The highest BCUT2D eigenvalue weighted by atomic mass is 15.1. The molecular formula is C14H14BN3. The lowest BCUT2D eigenvalue weighted by molar-refractivity contribution is 1.47. The van der Waals surface area contributed by atoms with Crippen LogP contribution in [-0.2, 0) is 0 Å². The number of benzene rings is 2. The Balaban J connectivity index is 2.42. The van der Waals surface area contributed by atoms with Gasteiger partial charge >= 0.3 is 6.85 Å². The van der Waals surface area contributed by atoms with Gasteiger partial charge in [-0.2, -0.15) is 0 Å². The molecule has 3 nitrogen and oxygen atoms in total. The number of hydrogen-bond acceptors (Lipinski definition) is 1. The summed E-state index contributed by atoms with van der Waals surface area (Å²) in [6.45, 7) is 3.83. The summed E-state index contributed by atoms with van der Waals surface area (Å²) >= 11 is 0. The second-order valence-corrected chi connectivity index (χ2v) is 4.43. The topological polar surface area (TPSA) is 48.8 Å². The van der Waals surface area contributed by atoms with Crippen molar-refractivity contribution >= 4 is 17.8 Å². The largest absolute Gasteiger partial charge is 0.309 e. The van der Waals surface area contributed by atoms with E-state index in [9.17, 15) is 0 Å². The zero-order valence-electron chi connectivity index (χ0n) is 10.5. The van der Waals surface area contributed by atoms with Crippen molar-refractivity contribution in [3.63, 3.8) is 0 Å². The van der Waals surface area contributed by atoms with Gasteiger partial charge in [-0.3, -0.25) is 0 Å². The third-order valence-electron chi connectivity index (χ3n) is 2.95. The second-order valence-electron chi connectivity index (χ2n) is 4.43. The van der Waals surface area contributed by atoms with Crippen LogP contribution in [0, 0.1) is 13.8 Å². The van der Waals surface area contributed by atoms with Crippen LogP contribution in [0.4, 0.5) is 0 Å². The summed E-state index contributed by atoms with van der Waals surface area (Å²) in [7, 11) is 0. The van der Waals surface area contributed by atoms with E-state index in [1.807, 2.05) is 62.4 Å². The SMILES string of the molecule is Cc1ccc(B(N=[N+]=[N-])c2ccc(C)cc2)cc1. The third-order valence-corrected chi connectivity index (χ3v) is 2.95. The van der Waals surface area contributed by atoms with Crippen LogP contribution < -0.4 is 10.9 Å². The van der Waals surface area contributed by atoms with Gasteiger partial charge in [0.15, 0.2) is 0 Å². The standard InChI is InChI=1S/C14H14BN3/c1-11-3-7-13(8-4-11)15(17-18-16)14-9-5-12(2)6-10-14/h3-10H,1-2H3. The smallest absolute Gasteiger partial charge is 0.136 e. The maximum atomic E-state index is 8.73. The van der Waals surface area contributed by atoms with Crippen LogP contribution in [0.3, 0.4) is 0 Å². The molecule has 0 heterocycles. The highest BCUT2D eigenvalue weighted by Gasteiger charge is 2.17. The highest BCUT2D eigenvalue weighted by Crippen LogP contribution is 2.00. The molecule has 0 amide bonds. The molecule has 2 rings (SSSR count). The number of azide groups is 1. The molecule has 0 aromatic heterocycles. The summed E-state index contributed by atoms with van der Waals surface area (Å²) in [5, 5.41) is 3.90. The van der Waals surface area contributed by atoms with E-state index >= 15 is 0 Å². The van der Waals surface area contributed by atoms with Crippen molar-refractivity contribution < 1.29 is 0 Å². The summed E-state index contributed by atoms with van der Waals surface area (Å²) in [6.07, 6.45) is 0. The second kappa shape index (κ2) is 5.43. The minimum Gasteiger partial charge on any atom is -0.136 e. The minimum atomic E-state index is -0.254. The molecule has 0 saturated carbocycles. The first-order valence-electron chi connectivity index (χ1n) is 5.88. The van der Waals surface area contributed by atoms with Crippen LogP contribution in [-0.4, -0.2) is 6.85 Å². The van der Waals surface area contributed by atoms with Gasteiger partial charge in [-0.05, 0) is 24.3 Å². The quantitative estimate of drug-likeness (QED) is 0.340. The Hall–Kier alpha value is -2.19. The first-order chi connectivity index (χ1) is 8.70. The van der Waals surface area contributed by atoms with Gasteiger partial charge in [-0.25, -0.2) is 0 Å². The molecule has 0 aliphatic carbocycles. The lowest BCUT2D eigenvalue weighted by atomic mass is 9.52. The van der Waals surface area contributed by atoms with Gasteiger partial charge in [0.25, 0.3) is 0 Å². The number of nitrogens with zero attached hydrogens (tertiary/aromatic N) is 3. The number of rotatable bonds is 3. The molecule has 0 bridgehead atoms. The fraction of sp³-hybridized carbons (Fsp3) is 0.143.